The van der Waals surface area contributed by atoms with Crippen LogP contribution in [0.25, 0.3) is 0 Å². The quantitative estimate of drug-likeness (QED) is 0.632. The SMILES string of the molecule is COc1cc(OC)c(NCC(=O)NC(=O)Nc2ccc(Br)cc2)cc1Cl. The molecule has 2 aromatic rings. The molecule has 0 saturated heterocycles. The zero-order chi connectivity index (χ0) is 19.1. The van der Waals surface area contributed by atoms with Gasteiger partial charge in [-0.1, -0.05) is 27.5 Å². The summed E-state index contributed by atoms with van der Waals surface area (Å²) in [6, 6.07) is 9.51. The summed E-state index contributed by atoms with van der Waals surface area (Å²) in [5.74, 6) is 0.388. The summed E-state index contributed by atoms with van der Waals surface area (Å²) in [5.41, 5.74) is 1.07. The highest BCUT2D eigenvalue weighted by atomic mass is 79.9. The molecular formula is C17H17BrClN3O4. The molecule has 0 fully saturated rings. The first-order valence-electron chi connectivity index (χ1n) is 7.44. The third-order valence-corrected chi connectivity index (χ3v) is 4.09. The molecule has 0 aliphatic rings. The molecule has 7 nitrogen and oxygen atoms in total. The fraction of sp³-hybridized carbons (Fsp3) is 0.176. The number of hydrogen-bond acceptors (Lipinski definition) is 5. The van der Waals surface area contributed by atoms with Gasteiger partial charge in [-0.05, 0) is 30.3 Å². The van der Waals surface area contributed by atoms with Crippen LogP contribution < -0.4 is 25.4 Å². The van der Waals surface area contributed by atoms with Gasteiger partial charge in [-0.15, -0.1) is 0 Å². The van der Waals surface area contributed by atoms with E-state index in [4.69, 9.17) is 21.1 Å². The third kappa shape index (κ3) is 5.53. The van der Waals surface area contributed by atoms with E-state index in [1.54, 1.807) is 36.4 Å². The minimum Gasteiger partial charge on any atom is -0.495 e. The van der Waals surface area contributed by atoms with Gasteiger partial charge in [-0.25, -0.2) is 4.79 Å². The van der Waals surface area contributed by atoms with Crippen LogP contribution in [0.2, 0.25) is 5.02 Å². The van der Waals surface area contributed by atoms with E-state index in [1.165, 1.54) is 14.2 Å². The second kappa shape index (κ2) is 9.30. The van der Waals surface area contributed by atoms with Crippen molar-refractivity contribution in [3.05, 3.63) is 45.9 Å². The van der Waals surface area contributed by atoms with Crippen LogP contribution >= 0.6 is 27.5 Å². The first-order valence-corrected chi connectivity index (χ1v) is 8.62. The lowest BCUT2D eigenvalue weighted by Gasteiger charge is -2.13. The smallest absolute Gasteiger partial charge is 0.325 e. The van der Waals surface area contributed by atoms with Crippen LogP contribution in [-0.2, 0) is 4.79 Å². The summed E-state index contributed by atoms with van der Waals surface area (Å²) in [6.45, 7) is -0.146. The highest BCUT2D eigenvalue weighted by molar-refractivity contribution is 9.10. The Morgan fingerprint density at radius 3 is 2.35 bits per heavy atom. The van der Waals surface area contributed by atoms with E-state index >= 15 is 0 Å². The summed E-state index contributed by atoms with van der Waals surface area (Å²) in [4.78, 5) is 23.8. The van der Waals surface area contributed by atoms with Crippen LogP contribution in [0.5, 0.6) is 11.5 Å². The molecule has 0 atom stereocenters. The number of amides is 3. The lowest BCUT2D eigenvalue weighted by atomic mass is 10.2. The number of carbonyl (C=O) groups excluding carboxylic acids is 2. The van der Waals surface area contributed by atoms with Crippen molar-refractivity contribution in [3.63, 3.8) is 0 Å². The molecule has 0 radical (unpaired) electrons. The van der Waals surface area contributed by atoms with Crippen molar-refractivity contribution < 1.29 is 19.1 Å². The van der Waals surface area contributed by atoms with Crippen LogP contribution in [0.4, 0.5) is 16.2 Å². The average Bonchev–Trinajstić information content (AvgIpc) is 2.62. The van der Waals surface area contributed by atoms with Gasteiger partial charge in [0.05, 0.1) is 31.5 Å². The Bertz CT molecular complexity index is 799. The maximum atomic E-state index is 11.9. The molecule has 2 aromatic carbocycles. The lowest BCUT2D eigenvalue weighted by molar-refractivity contribution is -0.118. The third-order valence-electron chi connectivity index (χ3n) is 3.27. The predicted molar refractivity (Wildman–Crippen MR) is 104 cm³/mol. The molecule has 0 aliphatic heterocycles. The van der Waals surface area contributed by atoms with Gasteiger partial charge in [0.2, 0.25) is 5.91 Å². The Kier molecular flexibility index (Phi) is 7.11. The first kappa shape index (κ1) is 19.9. The number of urea groups is 1. The predicted octanol–water partition coefficient (Wildman–Crippen LogP) is 3.88. The molecule has 9 heteroatoms. The van der Waals surface area contributed by atoms with E-state index in [-0.39, 0.29) is 6.54 Å². The number of methoxy groups -OCH3 is 2. The number of hydrogen-bond donors (Lipinski definition) is 3. The number of carbonyl (C=O) groups is 2. The van der Waals surface area contributed by atoms with E-state index in [0.717, 1.165) is 4.47 Å². The largest absolute Gasteiger partial charge is 0.495 e. The summed E-state index contributed by atoms with van der Waals surface area (Å²) >= 11 is 9.37. The molecule has 0 bridgehead atoms. The number of imide groups is 1. The Labute approximate surface area is 164 Å². The van der Waals surface area contributed by atoms with Crippen LogP contribution in [0.1, 0.15) is 0 Å². The van der Waals surface area contributed by atoms with Crippen molar-refractivity contribution >= 4 is 50.8 Å². The molecule has 0 aliphatic carbocycles. The minimum absolute atomic E-state index is 0.146. The molecule has 0 heterocycles. The van der Waals surface area contributed by atoms with Gasteiger partial charge in [0.25, 0.3) is 0 Å². The van der Waals surface area contributed by atoms with E-state index < -0.39 is 11.9 Å². The summed E-state index contributed by atoms with van der Waals surface area (Å²) in [6.07, 6.45) is 0. The molecule has 0 aromatic heterocycles. The molecule has 0 saturated carbocycles. The van der Waals surface area contributed by atoms with Gasteiger partial charge in [0, 0.05) is 16.2 Å². The van der Waals surface area contributed by atoms with Gasteiger partial charge in [0.15, 0.2) is 0 Å². The number of rotatable bonds is 6. The van der Waals surface area contributed by atoms with E-state index in [9.17, 15) is 9.59 Å². The molecule has 3 amide bonds. The van der Waals surface area contributed by atoms with Gasteiger partial charge in [-0.3, -0.25) is 10.1 Å². The number of halogens is 2. The second-order valence-electron chi connectivity index (χ2n) is 5.05. The van der Waals surface area contributed by atoms with Gasteiger partial charge >= 0.3 is 6.03 Å². The zero-order valence-electron chi connectivity index (χ0n) is 14.1. The molecule has 0 spiro atoms. The molecule has 0 unspecified atom stereocenters. The lowest BCUT2D eigenvalue weighted by Crippen LogP contribution is -2.38. The summed E-state index contributed by atoms with van der Waals surface area (Å²) in [5, 5.41) is 8.02. The Hall–Kier alpha value is -2.45. The normalized spacial score (nSPS) is 10.0. The fourth-order valence-electron chi connectivity index (χ4n) is 2.04. The van der Waals surface area contributed by atoms with E-state index in [0.29, 0.717) is 27.9 Å². The van der Waals surface area contributed by atoms with Gasteiger partial charge in [-0.2, -0.15) is 0 Å². The van der Waals surface area contributed by atoms with Crippen molar-refractivity contribution in [2.45, 2.75) is 0 Å². The Morgan fingerprint density at radius 1 is 1.08 bits per heavy atom. The van der Waals surface area contributed by atoms with Crippen LogP contribution in [-0.4, -0.2) is 32.7 Å². The van der Waals surface area contributed by atoms with Crippen molar-refractivity contribution in [1.29, 1.82) is 0 Å². The zero-order valence-corrected chi connectivity index (χ0v) is 16.4. The summed E-state index contributed by atoms with van der Waals surface area (Å²) < 4.78 is 11.2. The number of benzene rings is 2. The van der Waals surface area contributed by atoms with Gasteiger partial charge < -0.3 is 20.1 Å². The first-order chi connectivity index (χ1) is 12.4. The maximum Gasteiger partial charge on any atom is 0.325 e. The molecule has 3 N–H and O–H groups in total. The number of nitrogens with one attached hydrogen (secondary N) is 3. The Morgan fingerprint density at radius 2 is 1.73 bits per heavy atom. The van der Waals surface area contributed by atoms with Crippen molar-refractivity contribution in [2.24, 2.45) is 0 Å². The van der Waals surface area contributed by atoms with Crippen molar-refractivity contribution in [2.75, 3.05) is 31.4 Å². The Balaban J connectivity index is 1.91. The topological polar surface area (TPSA) is 88.7 Å². The average molecular weight is 443 g/mol. The number of anilines is 2. The van der Waals surface area contributed by atoms with E-state index in [1.807, 2.05) is 0 Å². The summed E-state index contributed by atoms with van der Waals surface area (Å²) in [7, 11) is 2.98. The maximum absolute atomic E-state index is 11.9. The van der Waals surface area contributed by atoms with Crippen molar-refractivity contribution in [3.8, 4) is 11.5 Å². The van der Waals surface area contributed by atoms with Gasteiger partial charge in [0.1, 0.15) is 11.5 Å². The second-order valence-corrected chi connectivity index (χ2v) is 6.37. The van der Waals surface area contributed by atoms with E-state index in [2.05, 4.69) is 31.9 Å². The molecule has 26 heavy (non-hydrogen) atoms. The molecule has 2 rings (SSSR count). The van der Waals surface area contributed by atoms with Crippen LogP contribution in [0.3, 0.4) is 0 Å². The number of ether oxygens (including phenoxy) is 2. The van der Waals surface area contributed by atoms with Crippen molar-refractivity contribution in [1.82, 2.24) is 5.32 Å². The monoisotopic (exact) mass is 441 g/mol. The molecular weight excluding hydrogens is 426 g/mol. The molecule has 138 valence electrons. The van der Waals surface area contributed by atoms with Crippen LogP contribution in [0, 0.1) is 0 Å². The minimum atomic E-state index is -0.626. The highest BCUT2D eigenvalue weighted by Gasteiger charge is 2.12. The fourth-order valence-corrected chi connectivity index (χ4v) is 2.55. The standard InChI is InChI=1S/C17H17BrClN3O4/c1-25-14-8-15(26-2)13(7-12(14)19)20-9-16(23)22-17(24)21-11-5-3-10(18)4-6-11/h3-8,20H,9H2,1-2H3,(H2,21,22,23,24). The highest BCUT2D eigenvalue weighted by Crippen LogP contribution is 2.35. The van der Waals surface area contributed by atoms with Crippen LogP contribution in [0.15, 0.2) is 40.9 Å².